The molecule has 138 valence electrons. The molecule has 0 saturated heterocycles. The molecule has 1 amide bonds. The first-order valence-electron chi connectivity index (χ1n) is 8.21. The number of hydrogen-bond acceptors (Lipinski definition) is 6. The standard InChI is InChI=1S/C18H17ClN6O2/c1-11(22-17(26)16-10-27-18(21)23-16)4-6-25-7-5-15(24-25)12-2-3-13(9-20)14(19)8-12/h2-3,5,7-8,10-11H,4,6H2,1H3,(H2,21,23)(H,22,26)/t11-/m0/s1. The molecule has 0 aliphatic heterocycles. The van der Waals surface area contributed by atoms with Crippen LogP contribution in [-0.4, -0.2) is 26.7 Å². The lowest BCUT2D eigenvalue weighted by Crippen LogP contribution is -2.33. The number of aryl methyl sites for hydroxylation is 1. The zero-order valence-electron chi connectivity index (χ0n) is 14.5. The van der Waals surface area contributed by atoms with Crippen molar-refractivity contribution in [1.29, 1.82) is 5.26 Å². The van der Waals surface area contributed by atoms with Gasteiger partial charge in [-0.3, -0.25) is 9.48 Å². The number of carbonyl (C=O) groups is 1. The van der Waals surface area contributed by atoms with Crippen LogP contribution in [0, 0.1) is 11.3 Å². The Morgan fingerprint density at radius 2 is 2.30 bits per heavy atom. The second-order valence-electron chi connectivity index (χ2n) is 6.00. The molecule has 27 heavy (non-hydrogen) atoms. The molecule has 8 nitrogen and oxygen atoms in total. The van der Waals surface area contributed by atoms with Crippen molar-refractivity contribution in [3.8, 4) is 17.3 Å². The van der Waals surface area contributed by atoms with Gasteiger partial charge in [0.2, 0.25) is 0 Å². The van der Waals surface area contributed by atoms with Gasteiger partial charge in [-0.25, -0.2) is 0 Å². The lowest BCUT2D eigenvalue weighted by atomic mass is 10.1. The highest BCUT2D eigenvalue weighted by atomic mass is 35.5. The van der Waals surface area contributed by atoms with Crippen molar-refractivity contribution >= 4 is 23.5 Å². The van der Waals surface area contributed by atoms with E-state index in [9.17, 15) is 4.79 Å². The van der Waals surface area contributed by atoms with Gasteiger partial charge < -0.3 is 15.5 Å². The molecular formula is C18H17ClN6O2. The van der Waals surface area contributed by atoms with Gasteiger partial charge in [0.05, 0.1) is 16.3 Å². The molecule has 9 heteroatoms. The van der Waals surface area contributed by atoms with Gasteiger partial charge in [-0.2, -0.15) is 15.3 Å². The van der Waals surface area contributed by atoms with Crippen LogP contribution >= 0.6 is 11.6 Å². The van der Waals surface area contributed by atoms with Crippen LogP contribution in [0.1, 0.15) is 29.4 Å². The van der Waals surface area contributed by atoms with Gasteiger partial charge in [-0.1, -0.05) is 17.7 Å². The lowest BCUT2D eigenvalue weighted by Gasteiger charge is -2.12. The molecule has 0 fully saturated rings. The minimum absolute atomic E-state index is 0.0419. The maximum absolute atomic E-state index is 12.0. The molecule has 1 atom stereocenters. The average molecular weight is 385 g/mol. The Bertz CT molecular complexity index is 1000. The van der Waals surface area contributed by atoms with E-state index in [1.807, 2.05) is 31.3 Å². The van der Waals surface area contributed by atoms with Crippen molar-refractivity contribution in [3.05, 3.63) is 53.0 Å². The summed E-state index contributed by atoms with van der Waals surface area (Å²) < 4.78 is 6.62. The summed E-state index contributed by atoms with van der Waals surface area (Å²) in [6, 6.07) is 8.98. The second-order valence-corrected chi connectivity index (χ2v) is 6.41. The Kier molecular flexibility index (Phi) is 5.43. The molecule has 0 saturated carbocycles. The topological polar surface area (TPSA) is 123 Å². The van der Waals surface area contributed by atoms with Gasteiger partial charge in [0.25, 0.3) is 11.9 Å². The zero-order valence-corrected chi connectivity index (χ0v) is 15.3. The summed E-state index contributed by atoms with van der Waals surface area (Å²) in [7, 11) is 0. The Balaban J connectivity index is 1.57. The Labute approximate surface area is 160 Å². The van der Waals surface area contributed by atoms with Gasteiger partial charge in [0, 0.05) is 24.3 Å². The number of amides is 1. The normalized spacial score (nSPS) is 11.7. The van der Waals surface area contributed by atoms with Crippen LogP contribution in [0.3, 0.4) is 0 Å². The molecule has 0 aliphatic rings. The SMILES string of the molecule is C[C@@H](CCn1ccc(-c2ccc(C#N)c(Cl)c2)n1)NC(=O)c1coc(N)n1. The Morgan fingerprint density at radius 1 is 1.48 bits per heavy atom. The Hall–Kier alpha value is -3.31. The monoisotopic (exact) mass is 384 g/mol. The van der Waals surface area contributed by atoms with Crippen molar-refractivity contribution in [2.75, 3.05) is 5.73 Å². The van der Waals surface area contributed by atoms with Crippen molar-refractivity contribution < 1.29 is 9.21 Å². The van der Waals surface area contributed by atoms with E-state index in [2.05, 4.69) is 15.4 Å². The molecule has 3 rings (SSSR count). The first-order chi connectivity index (χ1) is 13.0. The molecule has 0 unspecified atom stereocenters. The lowest BCUT2D eigenvalue weighted by molar-refractivity contribution is 0.0932. The number of anilines is 1. The second kappa shape index (κ2) is 7.93. The number of hydrogen-bond donors (Lipinski definition) is 2. The largest absolute Gasteiger partial charge is 0.431 e. The number of nitrogens with one attached hydrogen (secondary N) is 1. The highest BCUT2D eigenvalue weighted by molar-refractivity contribution is 6.32. The fourth-order valence-electron chi connectivity index (χ4n) is 2.49. The van der Waals surface area contributed by atoms with Crippen LogP contribution < -0.4 is 11.1 Å². The Morgan fingerprint density at radius 3 is 2.96 bits per heavy atom. The summed E-state index contributed by atoms with van der Waals surface area (Å²) in [5, 5.41) is 16.7. The van der Waals surface area contributed by atoms with Crippen LogP contribution in [0.5, 0.6) is 0 Å². The maximum atomic E-state index is 12.0. The van der Waals surface area contributed by atoms with Crippen molar-refractivity contribution in [2.45, 2.75) is 25.9 Å². The molecule has 0 spiro atoms. The quantitative estimate of drug-likeness (QED) is 0.673. The van der Waals surface area contributed by atoms with Gasteiger partial charge in [0.15, 0.2) is 5.69 Å². The van der Waals surface area contributed by atoms with Crippen LogP contribution in [0.25, 0.3) is 11.3 Å². The third kappa shape index (κ3) is 4.46. The first-order valence-corrected chi connectivity index (χ1v) is 8.59. The predicted octanol–water partition coefficient (Wildman–Crippen LogP) is 2.85. The zero-order chi connectivity index (χ0) is 19.4. The number of carbonyl (C=O) groups excluding carboxylic acids is 1. The fraction of sp³-hybridized carbons (Fsp3) is 0.222. The van der Waals surface area contributed by atoms with Gasteiger partial charge >= 0.3 is 0 Å². The summed E-state index contributed by atoms with van der Waals surface area (Å²) in [4.78, 5) is 15.8. The van der Waals surface area contributed by atoms with Gasteiger partial charge in [-0.15, -0.1) is 0 Å². The van der Waals surface area contributed by atoms with E-state index >= 15 is 0 Å². The van der Waals surface area contributed by atoms with E-state index in [0.29, 0.717) is 23.6 Å². The van der Waals surface area contributed by atoms with E-state index in [1.165, 1.54) is 6.26 Å². The van der Waals surface area contributed by atoms with E-state index < -0.39 is 0 Å². The number of rotatable bonds is 6. The van der Waals surface area contributed by atoms with Gasteiger partial charge in [-0.05, 0) is 31.5 Å². The number of halogens is 1. The number of nitrogens with zero attached hydrogens (tertiary/aromatic N) is 4. The number of oxazole rings is 1. The maximum Gasteiger partial charge on any atom is 0.292 e. The highest BCUT2D eigenvalue weighted by Crippen LogP contribution is 2.24. The number of aromatic nitrogens is 3. The fourth-order valence-corrected chi connectivity index (χ4v) is 2.72. The molecule has 2 heterocycles. The van der Waals surface area contributed by atoms with Gasteiger partial charge in [0.1, 0.15) is 12.3 Å². The molecule has 0 radical (unpaired) electrons. The molecular weight excluding hydrogens is 368 g/mol. The van der Waals surface area contributed by atoms with Crippen molar-refractivity contribution in [2.24, 2.45) is 0 Å². The molecule has 0 bridgehead atoms. The van der Waals surface area contributed by atoms with Crippen LogP contribution in [-0.2, 0) is 6.54 Å². The van der Waals surface area contributed by atoms with E-state index in [1.54, 1.807) is 16.8 Å². The minimum Gasteiger partial charge on any atom is -0.431 e. The average Bonchev–Trinajstić information content (AvgIpc) is 3.29. The van der Waals surface area contributed by atoms with Crippen molar-refractivity contribution in [1.82, 2.24) is 20.1 Å². The smallest absolute Gasteiger partial charge is 0.292 e. The van der Waals surface area contributed by atoms with E-state index in [-0.39, 0.29) is 23.7 Å². The highest BCUT2D eigenvalue weighted by Gasteiger charge is 2.14. The molecule has 1 aromatic carbocycles. The van der Waals surface area contributed by atoms with Crippen molar-refractivity contribution in [3.63, 3.8) is 0 Å². The van der Waals surface area contributed by atoms with E-state index in [4.69, 9.17) is 27.0 Å². The first kappa shape index (κ1) is 18.5. The molecule has 2 aromatic heterocycles. The van der Waals surface area contributed by atoms with Crippen LogP contribution in [0.2, 0.25) is 5.02 Å². The summed E-state index contributed by atoms with van der Waals surface area (Å²) in [6.45, 7) is 2.51. The molecule has 3 aromatic rings. The summed E-state index contributed by atoms with van der Waals surface area (Å²) >= 11 is 6.07. The van der Waals surface area contributed by atoms with Crippen LogP contribution in [0.15, 0.2) is 41.1 Å². The van der Waals surface area contributed by atoms with E-state index in [0.717, 1.165) is 11.3 Å². The van der Waals surface area contributed by atoms with Crippen LogP contribution in [0.4, 0.5) is 6.01 Å². The molecule has 3 N–H and O–H groups in total. The third-order valence-corrected chi connectivity index (χ3v) is 4.26. The summed E-state index contributed by atoms with van der Waals surface area (Å²) in [5.74, 6) is -0.337. The number of nitrogen functional groups attached to an aromatic ring is 1. The number of benzene rings is 1. The summed E-state index contributed by atoms with van der Waals surface area (Å²) in [5.41, 5.74) is 7.54. The molecule has 0 aliphatic carbocycles. The number of nitrogens with two attached hydrogens (primary N) is 1. The number of nitriles is 1. The predicted molar refractivity (Wildman–Crippen MR) is 99.8 cm³/mol. The minimum atomic E-state index is -0.337. The summed E-state index contributed by atoms with van der Waals surface area (Å²) in [6.07, 6.45) is 3.75. The third-order valence-electron chi connectivity index (χ3n) is 3.95.